The number of rotatable bonds is 5. The Kier molecular flexibility index (Phi) is 6.35. The van der Waals surface area contributed by atoms with Gasteiger partial charge in [0.15, 0.2) is 4.32 Å². The Morgan fingerprint density at radius 3 is 2.55 bits per heavy atom. The van der Waals surface area contributed by atoms with Gasteiger partial charge in [-0.1, -0.05) is 47.9 Å². The average molecular weight is 469 g/mol. The first-order chi connectivity index (χ1) is 15.0. The molecule has 1 fully saturated rings. The fourth-order valence-electron chi connectivity index (χ4n) is 3.21. The van der Waals surface area contributed by atoms with Crippen LogP contribution in [0.1, 0.15) is 13.8 Å². The number of para-hydroxylation sites is 1. The van der Waals surface area contributed by atoms with Gasteiger partial charge in [0.25, 0.3) is 5.91 Å². The lowest BCUT2D eigenvalue weighted by atomic mass is 10.2. The van der Waals surface area contributed by atoms with Crippen molar-refractivity contribution in [3.8, 4) is 0 Å². The summed E-state index contributed by atoms with van der Waals surface area (Å²) in [5.74, 6) is -0.330. The zero-order valence-electron chi connectivity index (χ0n) is 16.9. The molecule has 0 saturated carbocycles. The molecule has 0 aliphatic carbocycles. The van der Waals surface area contributed by atoms with Crippen LogP contribution < -0.4 is 20.7 Å². The predicted octanol–water partition coefficient (Wildman–Crippen LogP) is 4.87. The maximum atomic E-state index is 13.0. The van der Waals surface area contributed by atoms with Crippen molar-refractivity contribution in [1.82, 2.24) is 5.43 Å². The van der Waals surface area contributed by atoms with Gasteiger partial charge >= 0.3 is 0 Å². The summed E-state index contributed by atoms with van der Waals surface area (Å²) in [4.78, 5) is 29.6. The third-order valence-electron chi connectivity index (χ3n) is 4.63. The zero-order valence-corrected chi connectivity index (χ0v) is 19.4. The van der Waals surface area contributed by atoms with Crippen LogP contribution in [-0.4, -0.2) is 22.7 Å². The molecular formula is C22H20N4O2S3. The molecule has 0 spiro atoms. The average Bonchev–Trinajstić information content (AvgIpc) is 3.27. The fourth-order valence-corrected chi connectivity index (χ4v) is 5.58. The second-order valence-electron chi connectivity index (χ2n) is 6.71. The SMILES string of the molecule is CCN1/C(=C\C=C2\SC(=S)N(c3ccc(NNC(C)=O)cc3)C2=O)Sc2ccccc21. The molecule has 0 unspecified atom stereocenters. The minimum atomic E-state index is -0.189. The van der Waals surface area contributed by atoms with Gasteiger partial charge < -0.3 is 4.90 Å². The number of thioether (sulfide) groups is 2. The Bertz CT molecular complexity index is 1110. The molecule has 2 aliphatic rings. The van der Waals surface area contributed by atoms with Gasteiger partial charge in [0, 0.05) is 18.4 Å². The number of nitrogens with one attached hydrogen (secondary N) is 2. The van der Waals surface area contributed by atoms with Crippen LogP contribution in [0.15, 0.2) is 75.5 Å². The van der Waals surface area contributed by atoms with Gasteiger partial charge in [-0.3, -0.25) is 25.3 Å². The van der Waals surface area contributed by atoms with Crippen LogP contribution in [0, 0.1) is 0 Å². The molecule has 2 N–H and O–H groups in total. The van der Waals surface area contributed by atoms with Crippen molar-refractivity contribution in [1.29, 1.82) is 0 Å². The van der Waals surface area contributed by atoms with Crippen molar-refractivity contribution in [2.24, 2.45) is 0 Å². The molecule has 6 nitrogen and oxygen atoms in total. The predicted molar refractivity (Wildman–Crippen MR) is 133 cm³/mol. The lowest BCUT2D eigenvalue weighted by Crippen LogP contribution is -2.28. The smallest absolute Gasteiger partial charge is 0.270 e. The molecule has 9 heteroatoms. The number of benzene rings is 2. The highest BCUT2D eigenvalue weighted by Gasteiger charge is 2.33. The minimum Gasteiger partial charge on any atom is -0.335 e. The summed E-state index contributed by atoms with van der Waals surface area (Å²) in [7, 11) is 0. The van der Waals surface area contributed by atoms with E-state index in [1.54, 1.807) is 36.0 Å². The summed E-state index contributed by atoms with van der Waals surface area (Å²) in [6, 6.07) is 15.4. The minimum absolute atomic E-state index is 0.141. The van der Waals surface area contributed by atoms with Gasteiger partial charge in [0.1, 0.15) is 0 Å². The number of allylic oxidation sites excluding steroid dienone is 2. The number of hydrogen-bond acceptors (Lipinski definition) is 7. The van der Waals surface area contributed by atoms with Crippen molar-refractivity contribution in [2.45, 2.75) is 18.7 Å². The van der Waals surface area contributed by atoms with E-state index in [1.165, 1.54) is 34.2 Å². The number of thiocarbonyl (C=S) groups is 1. The number of fused-ring (bicyclic) bond motifs is 1. The number of hydrazine groups is 1. The summed E-state index contributed by atoms with van der Waals surface area (Å²) in [5.41, 5.74) is 7.89. The molecule has 4 rings (SSSR count). The highest BCUT2D eigenvalue weighted by atomic mass is 32.2. The van der Waals surface area contributed by atoms with Gasteiger partial charge in [-0.2, -0.15) is 0 Å². The van der Waals surface area contributed by atoms with Gasteiger partial charge in [-0.25, -0.2) is 0 Å². The highest BCUT2D eigenvalue weighted by molar-refractivity contribution is 8.27. The zero-order chi connectivity index (χ0) is 22.0. The number of nitrogens with zero attached hydrogens (tertiary/aromatic N) is 2. The molecule has 0 radical (unpaired) electrons. The highest BCUT2D eigenvalue weighted by Crippen LogP contribution is 2.46. The largest absolute Gasteiger partial charge is 0.335 e. The summed E-state index contributed by atoms with van der Waals surface area (Å²) < 4.78 is 0.493. The second kappa shape index (κ2) is 9.17. The summed E-state index contributed by atoms with van der Waals surface area (Å²) in [5, 5.41) is 1.09. The van der Waals surface area contributed by atoms with E-state index in [0.29, 0.717) is 20.6 Å². The summed E-state index contributed by atoms with van der Waals surface area (Å²) in [6.45, 7) is 4.38. The molecule has 2 heterocycles. The molecule has 2 aromatic rings. The molecule has 0 atom stereocenters. The first kappa shape index (κ1) is 21.5. The number of amides is 2. The number of anilines is 3. The maximum Gasteiger partial charge on any atom is 0.270 e. The quantitative estimate of drug-likeness (QED) is 0.369. The number of carbonyl (C=O) groups excluding carboxylic acids is 2. The molecule has 2 aliphatic heterocycles. The van der Waals surface area contributed by atoms with E-state index in [4.69, 9.17) is 12.2 Å². The van der Waals surface area contributed by atoms with E-state index >= 15 is 0 Å². The van der Waals surface area contributed by atoms with Crippen molar-refractivity contribution >= 4 is 68.9 Å². The number of hydrogen-bond donors (Lipinski definition) is 2. The van der Waals surface area contributed by atoms with Crippen LogP contribution in [0.2, 0.25) is 0 Å². The Hall–Kier alpha value is -2.75. The lowest BCUT2D eigenvalue weighted by molar-refractivity contribution is -0.118. The Balaban J connectivity index is 1.51. The second-order valence-corrected chi connectivity index (χ2v) is 9.45. The van der Waals surface area contributed by atoms with E-state index in [0.717, 1.165) is 11.6 Å². The molecule has 31 heavy (non-hydrogen) atoms. The first-order valence-electron chi connectivity index (χ1n) is 9.63. The van der Waals surface area contributed by atoms with Crippen LogP contribution in [0.25, 0.3) is 0 Å². The fraction of sp³-hybridized carbons (Fsp3) is 0.136. The summed E-state index contributed by atoms with van der Waals surface area (Å²) in [6.07, 6.45) is 3.84. The van der Waals surface area contributed by atoms with Gasteiger partial charge in [-0.05, 0) is 55.5 Å². The third-order valence-corrected chi connectivity index (χ3v) is 7.08. The molecular weight excluding hydrogens is 448 g/mol. The van der Waals surface area contributed by atoms with Crippen molar-refractivity contribution in [3.63, 3.8) is 0 Å². The van der Waals surface area contributed by atoms with Crippen LogP contribution >= 0.6 is 35.7 Å². The molecule has 0 aromatic heterocycles. The maximum absolute atomic E-state index is 13.0. The number of carbonyl (C=O) groups is 2. The molecule has 0 bridgehead atoms. The molecule has 158 valence electrons. The van der Waals surface area contributed by atoms with Crippen molar-refractivity contribution in [2.75, 3.05) is 21.8 Å². The normalized spacial score (nSPS) is 18.1. The van der Waals surface area contributed by atoms with Crippen LogP contribution in [0.5, 0.6) is 0 Å². The summed E-state index contributed by atoms with van der Waals surface area (Å²) >= 11 is 8.46. The monoisotopic (exact) mass is 468 g/mol. The topological polar surface area (TPSA) is 64.7 Å². The molecule has 1 saturated heterocycles. The van der Waals surface area contributed by atoms with E-state index in [9.17, 15) is 9.59 Å². The van der Waals surface area contributed by atoms with Gasteiger partial charge in [0.05, 0.1) is 27.0 Å². The van der Waals surface area contributed by atoms with Crippen LogP contribution in [-0.2, 0) is 9.59 Å². The third kappa shape index (κ3) is 4.48. The van der Waals surface area contributed by atoms with E-state index in [1.807, 2.05) is 24.3 Å². The standard InChI is InChI=1S/C22H20N4O2S3/c1-3-25-17-6-4-5-7-18(17)30-20(25)13-12-19-21(28)26(22(29)31-19)16-10-8-15(9-11-16)24-23-14(2)27/h4-13,24H,3H2,1-2H3,(H,23,27)/b19-12+,20-13+. The Labute approximate surface area is 194 Å². The Morgan fingerprint density at radius 1 is 1.10 bits per heavy atom. The molecule has 2 amide bonds. The Morgan fingerprint density at radius 2 is 1.84 bits per heavy atom. The van der Waals surface area contributed by atoms with Crippen molar-refractivity contribution in [3.05, 3.63) is 70.6 Å². The molecule has 2 aromatic carbocycles. The van der Waals surface area contributed by atoms with E-state index in [-0.39, 0.29) is 11.8 Å². The van der Waals surface area contributed by atoms with Crippen molar-refractivity contribution < 1.29 is 9.59 Å². The lowest BCUT2D eigenvalue weighted by Gasteiger charge is -2.17. The van der Waals surface area contributed by atoms with Crippen LogP contribution in [0.3, 0.4) is 0 Å². The van der Waals surface area contributed by atoms with E-state index < -0.39 is 0 Å². The van der Waals surface area contributed by atoms with Crippen LogP contribution in [0.4, 0.5) is 17.1 Å². The van der Waals surface area contributed by atoms with Gasteiger partial charge in [0.2, 0.25) is 5.91 Å². The first-order valence-corrected chi connectivity index (χ1v) is 11.7. The van der Waals surface area contributed by atoms with E-state index in [2.05, 4.69) is 34.8 Å². The van der Waals surface area contributed by atoms with Gasteiger partial charge in [-0.15, -0.1) is 0 Å².